The first kappa shape index (κ1) is 107. The van der Waals surface area contributed by atoms with Crippen molar-refractivity contribution in [3.05, 3.63) is 0 Å². The molecule has 0 aliphatic heterocycles. The summed E-state index contributed by atoms with van der Waals surface area (Å²) in [5.74, 6) is -0.764. The summed E-state index contributed by atoms with van der Waals surface area (Å²) in [6.07, 6.45) is -2.55. The second kappa shape index (κ2) is 50.1. The maximum atomic E-state index is 12.8. The van der Waals surface area contributed by atoms with E-state index >= 15 is 0 Å². The van der Waals surface area contributed by atoms with E-state index in [9.17, 15) is 18.3 Å². The van der Waals surface area contributed by atoms with Gasteiger partial charge in [0.2, 0.25) is 0 Å². The van der Waals surface area contributed by atoms with Gasteiger partial charge < -0.3 is 128 Å². The molecular weight excluding hydrogens is 1040 g/mol. The van der Waals surface area contributed by atoms with Crippen LogP contribution >= 0.6 is 30.4 Å². The van der Waals surface area contributed by atoms with Crippen molar-refractivity contribution in [3.63, 3.8) is 0 Å². The third-order valence-electron chi connectivity index (χ3n) is 3.66. The van der Waals surface area contributed by atoms with Crippen molar-refractivity contribution in [1.29, 1.82) is 0 Å². The molecule has 22 nitrogen and oxygen atoms in total. The van der Waals surface area contributed by atoms with E-state index in [1.807, 2.05) is 0 Å². The average molecular weight is 1130 g/mol. The zero-order chi connectivity index (χ0) is 33.7. The van der Waals surface area contributed by atoms with E-state index in [-0.39, 0.29) is 193 Å². The third kappa shape index (κ3) is 58.5. The van der Waals surface area contributed by atoms with Crippen LogP contribution in [-0.2, 0) is 76.4 Å². The van der Waals surface area contributed by atoms with E-state index in [0.29, 0.717) is 0 Å². The molecule has 0 atom stereocenters. The van der Waals surface area contributed by atoms with Crippen LogP contribution in [0, 0.1) is 40.4 Å². The molecule has 24 N–H and O–H groups in total. The largest absolute Gasteiger partial charge is 3.00 e. The van der Waals surface area contributed by atoms with Crippen molar-refractivity contribution in [3.8, 4) is 0 Å². The number of rotatable bonds is 20. The Morgan fingerprint density at radius 1 is 0.286 bits per heavy atom. The normalized spacial score (nSPS) is 10.4. The van der Waals surface area contributed by atoms with Crippen molar-refractivity contribution in [2.75, 3.05) is 11.8 Å². The molecule has 0 rings (SSSR count). The molecule has 0 spiro atoms. The van der Waals surface area contributed by atoms with Crippen molar-refractivity contribution in [2.45, 2.75) is 160 Å². The van der Waals surface area contributed by atoms with Crippen LogP contribution < -0.4 is 37.2 Å². The summed E-state index contributed by atoms with van der Waals surface area (Å²) >= 11 is 0. The quantitative estimate of drug-likeness (QED) is 0.0811. The minimum absolute atomic E-state index is 0. The van der Waals surface area contributed by atoms with Crippen molar-refractivity contribution >= 4 is 30.4 Å². The van der Waals surface area contributed by atoms with E-state index in [2.05, 4.69) is 0 Å². The molecule has 0 fully saturated rings. The van der Waals surface area contributed by atoms with Crippen LogP contribution in [0.2, 0.25) is 0 Å². The van der Waals surface area contributed by atoms with Crippen LogP contribution in [0.5, 0.6) is 0 Å². The molecule has 0 heterocycles. The topological polar surface area (TPSA) is 463 Å². The van der Waals surface area contributed by atoms with Gasteiger partial charge in [0.05, 0.1) is 48.8 Å². The van der Waals surface area contributed by atoms with Gasteiger partial charge in [-0.25, -0.2) is 0 Å². The molecule has 0 aromatic carbocycles. The van der Waals surface area contributed by atoms with Crippen molar-refractivity contribution in [2.24, 2.45) is 0 Å². The Morgan fingerprint density at radius 3 is 0.411 bits per heavy atom. The Morgan fingerprint density at radius 2 is 0.357 bits per heavy atom. The molecule has 1 radical (unpaired) electrons. The summed E-state index contributed by atoms with van der Waals surface area (Å²) in [6, 6.07) is 0. The summed E-state index contributed by atoms with van der Waals surface area (Å²) in [5, 5.41) is 0. The van der Waals surface area contributed by atoms with Gasteiger partial charge in [-0.1, -0.05) is 0 Å². The first-order chi connectivity index (χ1) is 18.7. The van der Waals surface area contributed by atoms with E-state index in [4.69, 9.17) is 36.2 Å². The molecule has 0 amide bonds. The molecule has 0 aromatic rings. The van der Waals surface area contributed by atoms with Gasteiger partial charge in [-0.3, -0.25) is 18.3 Å². The van der Waals surface area contributed by atoms with Crippen molar-refractivity contribution in [1.82, 2.24) is 0 Å². The van der Waals surface area contributed by atoms with Crippen LogP contribution in [0.15, 0.2) is 0 Å². The fourth-order valence-corrected chi connectivity index (χ4v) is 14.2. The zero-order valence-corrected chi connectivity index (χ0v) is 44.0. The number of hydrogen-bond acceptors (Lipinski definition) is 12. The van der Waals surface area contributed by atoms with E-state index in [0.717, 1.165) is 0 Å². The Bertz CT molecular complexity index is 769. The fourth-order valence-electron chi connectivity index (χ4n) is 3.36. The van der Waals surface area contributed by atoms with Crippen LogP contribution in [0.4, 0.5) is 0 Å². The summed E-state index contributed by atoms with van der Waals surface area (Å²) in [7, 11) is -14.3. The van der Waals surface area contributed by atoms with Gasteiger partial charge in [0.25, 0.3) is 0 Å². The summed E-state index contributed by atoms with van der Waals surface area (Å²) in [6.45, 7) is 27.9. The van der Waals surface area contributed by atoms with E-state index in [1.54, 1.807) is 111 Å². The van der Waals surface area contributed by atoms with E-state index in [1.165, 1.54) is 0 Å². The standard InChI is InChI=1S/2C13H30O6P2.3ClH.10H2O.Sm/c2*1-10(2)16-20(14,17-11(3)4)9-21(15,18-12(5)6)19-13(7)8;;;;;;;;;;;;;;/h2*10-13H,9H2,1-8H3;3*1H;10*1H2;/q;;;;;;;;;;;;;;;+3/p+1. The predicted molar refractivity (Wildman–Crippen MR) is 211 cm³/mol. The first-order valence-electron chi connectivity index (χ1n) is 14.6. The summed E-state index contributed by atoms with van der Waals surface area (Å²) in [5.41, 5.74) is 0. The Kier molecular flexibility index (Phi) is 95.7. The molecule has 0 saturated heterocycles. The van der Waals surface area contributed by atoms with Gasteiger partial charge in [-0.15, -0.1) is 0 Å². The van der Waals surface area contributed by atoms with Crippen LogP contribution in [0.3, 0.4) is 0 Å². The molecule has 0 aromatic heterocycles. The summed E-state index contributed by atoms with van der Waals surface area (Å²) in [4.78, 5) is 0. The van der Waals surface area contributed by atoms with Crippen LogP contribution in [0.1, 0.15) is 111 Å². The van der Waals surface area contributed by atoms with Crippen molar-refractivity contribution < 1.29 is 187 Å². The SMILES string of the molecule is CC(C)OP(=O)(CP(=O)(OC(C)C)OC(C)C)OC(C)C.CC(C)OP(=O)(CP(=O)(OC(C)C)OC(C)C)OC(C)C.O.O.O.O.O.O.[Cl-].[Cl-].[Cl-].[OH3+].[OH3+].[OH3+].[OH3+].[Sm+3]. The average Bonchev–Trinajstić information content (AvgIpc) is 2.60. The smallest absolute Gasteiger partial charge is 1.00 e. The Hall–Kier alpha value is 2.41. The van der Waals surface area contributed by atoms with Gasteiger partial charge in [0.1, 0.15) is 0 Å². The van der Waals surface area contributed by atoms with Gasteiger partial charge in [-0.2, -0.15) is 0 Å². The molecule has 30 heteroatoms. The first-order valence-corrected chi connectivity index (χ1v) is 21.5. The molecule has 0 bridgehead atoms. The second-order valence-corrected chi connectivity index (χ2v) is 20.8. The monoisotopic (exact) mass is 1130 g/mol. The summed E-state index contributed by atoms with van der Waals surface area (Å²) < 4.78 is 94.6. The van der Waals surface area contributed by atoms with Crippen LogP contribution in [-0.4, -0.2) is 93.5 Å². The number of hydrogen-bond donors (Lipinski definition) is 0. The van der Waals surface area contributed by atoms with Gasteiger partial charge in [0.15, 0.2) is 11.8 Å². The third-order valence-corrected chi connectivity index (χ3v) is 15.1. The predicted octanol–water partition coefficient (Wildman–Crippen LogP) is -7.56. The maximum absolute atomic E-state index is 12.8. The second-order valence-electron chi connectivity index (χ2n) is 12.0. The molecule has 0 aliphatic carbocycles. The molecular formula is C26H84Cl3O22P4Sm+4. The van der Waals surface area contributed by atoms with Gasteiger partial charge >= 0.3 is 70.8 Å². The number of halogens is 3. The fraction of sp³-hybridized carbons (Fsp3) is 1.00. The minimum Gasteiger partial charge on any atom is -1.00 e. The molecule has 0 unspecified atom stereocenters. The Labute approximate surface area is 386 Å². The molecule has 363 valence electrons. The van der Waals surface area contributed by atoms with Gasteiger partial charge in [0, 0.05) is 0 Å². The van der Waals surface area contributed by atoms with E-state index < -0.39 is 30.4 Å². The van der Waals surface area contributed by atoms with Crippen LogP contribution in [0.25, 0.3) is 0 Å². The molecule has 0 saturated carbocycles. The maximum Gasteiger partial charge on any atom is 3.00 e. The minimum atomic E-state index is -3.58. The van der Waals surface area contributed by atoms with Gasteiger partial charge in [-0.05, 0) is 111 Å². The Balaban J connectivity index is -0.0000000327. The molecule has 56 heavy (non-hydrogen) atoms. The molecule has 0 aliphatic rings. The zero-order valence-electron chi connectivity index (χ0n) is 35.6.